The molecule has 0 aliphatic rings. The Kier molecular flexibility index (Phi) is 7.20. The summed E-state index contributed by atoms with van der Waals surface area (Å²) in [7, 11) is -0.924. The maximum Gasteiger partial charge on any atom is 0.265 e. The van der Waals surface area contributed by atoms with E-state index in [-0.39, 0.29) is 15.8 Å². The fourth-order valence-corrected chi connectivity index (χ4v) is 5.91. The number of fused-ring (bicyclic) bond motifs is 1. The molecule has 1 amide bonds. The minimum Gasteiger partial charge on any atom is -0.495 e. The van der Waals surface area contributed by atoms with Gasteiger partial charge in [0, 0.05) is 17.4 Å². The van der Waals surface area contributed by atoms with Gasteiger partial charge in [-0.3, -0.25) is 9.10 Å². The predicted molar refractivity (Wildman–Crippen MR) is 141 cm³/mol. The Morgan fingerprint density at radius 1 is 1.06 bits per heavy atom. The number of hydrogen-bond donors (Lipinski definition) is 1. The molecule has 1 heterocycles. The summed E-state index contributed by atoms with van der Waals surface area (Å²) in [6.45, 7) is 2.48. The predicted octanol–water partition coefficient (Wildman–Crippen LogP) is 6.04. The number of benzene rings is 3. The molecular formula is C25H23ClN2O5S2. The highest BCUT2D eigenvalue weighted by molar-refractivity contribution is 7.92. The van der Waals surface area contributed by atoms with Crippen LogP contribution in [0.3, 0.4) is 0 Å². The summed E-state index contributed by atoms with van der Waals surface area (Å²) < 4.78 is 38.9. The minimum atomic E-state index is -3.86. The van der Waals surface area contributed by atoms with E-state index in [2.05, 4.69) is 5.32 Å². The molecule has 0 aliphatic carbocycles. The molecule has 4 aromatic rings. The van der Waals surface area contributed by atoms with Crippen LogP contribution < -0.4 is 19.1 Å². The van der Waals surface area contributed by atoms with Crippen LogP contribution in [0, 0.1) is 0 Å². The number of rotatable bonds is 8. The number of nitrogens with one attached hydrogen (secondary N) is 1. The summed E-state index contributed by atoms with van der Waals surface area (Å²) >= 11 is 7.46. The third kappa shape index (κ3) is 5.22. The quantitative estimate of drug-likeness (QED) is 0.300. The standard InChI is InChI=1S/C25H23ClN2O5S2/c1-4-33-19-8-5-17(6-9-19)27-25(29)24-14-16-13-18(7-12-23(16)34-24)28(2)35(30,31)20-10-11-22(32-3)21(26)15-20/h5-15H,4H2,1-3H3,(H,27,29). The Morgan fingerprint density at radius 3 is 2.46 bits per heavy atom. The zero-order valence-electron chi connectivity index (χ0n) is 19.2. The minimum absolute atomic E-state index is 0.0478. The Hall–Kier alpha value is -3.27. The van der Waals surface area contributed by atoms with Crippen molar-refractivity contribution < 1.29 is 22.7 Å². The van der Waals surface area contributed by atoms with Crippen molar-refractivity contribution in [2.45, 2.75) is 11.8 Å². The van der Waals surface area contributed by atoms with Gasteiger partial charge in [0.05, 0.1) is 34.2 Å². The Balaban J connectivity index is 1.56. The van der Waals surface area contributed by atoms with Gasteiger partial charge in [0.2, 0.25) is 0 Å². The fourth-order valence-electron chi connectivity index (χ4n) is 3.44. The normalized spacial score (nSPS) is 11.3. The number of carbonyl (C=O) groups is 1. The largest absolute Gasteiger partial charge is 0.495 e. The zero-order valence-corrected chi connectivity index (χ0v) is 21.6. The highest BCUT2D eigenvalue weighted by Gasteiger charge is 2.23. The van der Waals surface area contributed by atoms with Crippen molar-refractivity contribution in [2.24, 2.45) is 0 Å². The average molecular weight is 531 g/mol. The molecule has 0 atom stereocenters. The topological polar surface area (TPSA) is 84.9 Å². The van der Waals surface area contributed by atoms with Gasteiger partial charge in [-0.15, -0.1) is 11.3 Å². The molecule has 0 bridgehead atoms. The van der Waals surface area contributed by atoms with Crippen LogP contribution in [0.25, 0.3) is 10.1 Å². The van der Waals surface area contributed by atoms with Gasteiger partial charge in [-0.1, -0.05) is 11.6 Å². The van der Waals surface area contributed by atoms with Crippen molar-refractivity contribution in [1.29, 1.82) is 0 Å². The average Bonchev–Trinajstić information content (AvgIpc) is 3.28. The first-order valence-corrected chi connectivity index (χ1v) is 13.3. The number of ether oxygens (including phenoxy) is 2. The lowest BCUT2D eigenvalue weighted by atomic mass is 10.2. The van der Waals surface area contributed by atoms with Crippen LogP contribution in [0.2, 0.25) is 5.02 Å². The van der Waals surface area contributed by atoms with E-state index in [1.165, 1.54) is 48.0 Å². The van der Waals surface area contributed by atoms with Gasteiger partial charge in [0.15, 0.2) is 0 Å². The van der Waals surface area contributed by atoms with E-state index in [0.29, 0.717) is 28.6 Å². The van der Waals surface area contributed by atoms with Crippen LogP contribution in [-0.2, 0) is 10.0 Å². The second-order valence-corrected chi connectivity index (χ2v) is 11.0. The monoisotopic (exact) mass is 530 g/mol. The van der Waals surface area contributed by atoms with Crippen molar-refractivity contribution in [2.75, 3.05) is 30.4 Å². The van der Waals surface area contributed by atoms with Gasteiger partial charge in [0.25, 0.3) is 15.9 Å². The summed E-state index contributed by atoms with van der Waals surface area (Å²) in [5, 5.41) is 3.84. The number of anilines is 2. The summed E-state index contributed by atoms with van der Waals surface area (Å²) in [4.78, 5) is 13.3. The van der Waals surface area contributed by atoms with Crippen LogP contribution >= 0.6 is 22.9 Å². The molecule has 0 radical (unpaired) electrons. The van der Waals surface area contributed by atoms with E-state index < -0.39 is 10.0 Å². The van der Waals surface area contributed by atoms with Crippen LogP contribution in [0.15, 0.2) is 71.6 Å². The third-order valence-electron chi connectivity index (χ3n) is 5.29. The summed E-state index contributed by atoms with van der Waals surface area (Å²) in [5.74, 6) is 0.880. The highest BCUT2D eigenvalue weighted by Crippen LogP contribution is 2.33. The third-order valence-corrected chi connectivity index (χ3v) is 8.48. The number of amides is 1. The number of methoxy groups -OCH3 is 1. The molecular weight excluding hydrogens is 508 g/mol. The van der Waals surface area contributed by atoms with Crippen LogP contribution in [0.4, 0.5) is 11.4 Å². The van der Waals surface area contributed by atoms with Gasteiger partial charge in [-0.05, 0) is 79.0 Å². The van der Waals surface area contributed by atoms with E-state index in [9.17, 15) is 13.2 Å². The number of hydrogen-bond acceptors (Lipinski definition) is 6. The van der Waals surface area contributed by atoms with Gasteiger partial charge < -0.3 is 14.8 Å². The maximum atomic E-state index is 13.2. The summed E-state index contributed by atoms with van der Waals surface area (Å²) in [6.07, 6.45) is 0. The first-order chi connectivity index (χ1) is 16.7. The molecule has 35 heavy (non-hydrogen) atoms. The maximum absolute atomic E-state index is 13.2. The molecule has 0 spiro atoms. The second kappa shape index (κ2) is 10.2. The molecule has 0 fully saturated rings. The molecule has 1 aromatic heterocycles. The van der Waals surface area contributed by atoms with Crippen molar-refractivity contribution in [3.05, 3.63) is 76.6 Å². The van der Waals surface area contributed by atoms with Crippen molar-refractivity contribution in [3.8, 4) is 11.5 Å². The van der Waals surface area contributed by atoms with Crippen LogP contribution in [0.5, 0.6) is 11.5 Å². The van der Waals surface area contributed by atoms with Gasteiger partial charge in [-0.2, -0.15) is 0 Å². The molecule has 7 nitrogen and oxygen atoms in total. The molecule has 4 rings (SSSR count). The van der Waals surface area contributed by atoms with Crippen LogP contribution in [0.1, 0.15) is 16.6 Å². The SMILES string of the molecule is CCOc1ccc(NC(=O)c2cc3cc(N(C)S(=O)(=O)c4ccc(OC)c(Cl)c4)ccc3s2)cc1. The number of thiophene rings is 1. The van der Waals surface area contributed by atoms with E-state index in [1.54, 1.807) is 48.5 Å². The first kappa shape index (κ1) is 24.8. The lowest BCUT2D eigenvalue weighted by Crippen LogP contribution is -2.26. The van der Waals surface area contributed by atoms with Crippen LogP contribution in [-0.4, -0.2) is 35.1 Å². The molecule has 0 saturated carbocycles. The Labute approximate surface area is 212 Å². The Bertz CT molecular complexity index is 1480. The number of halogens is 1. The van der Waals surface area contributed by atoms with Crippen molar-refractivity contribution >= 4 is 60.3 Å². The highest BCUT2D eigenvalue weighted by atomic mass is 35.5. The molecule has 0 unspecified atom stereocenters. The second-order valence-electron chi connectivity index (χ2n) is 7.51. The van der Waals surface area contributed by atoms with Gasteiger partial charge >= 0.3 is 0 Å². The molecule has 0 saturated heterocycles. The van der Waals surface area contributed by atoms with E-state index in [1.807, 2.05) is 6.92 Å². The van der Waals surface area contributed by atoms with E-state index >= 15 is 0 Å². The smallest absolute Gasteiger partial charge is 0.265 e. The van der Waals surface area contributed by atoms with Crippen molar-refractivity contribution in [1.82, 2.24) is 0 Å². The Morgan fingerprint density at radius 2 is 1.80 bits per heavy atom. The van der Waals surface area contributed by atoms with Gasteiger partial charge in [-0.25, -0.2) is 8.42 Å². The lowest BCUT2D eigenvalue weighted by Gasteiger charge is -2.20. The number of sulfonamides is 1. The first-order valence-electron chi connectivity index (χ1n) is 10.6. The molecule has 182 valence electrons. The van der Waals surface area contributed by atoms with Crippen molar-refractivity contribution in [3.63, 3.8) is 0 Å². The fraction of sp³-hybridized carbons (Fsp3) is 0.160. The molecule has 3 aromatic carbocycles. The molecule has 0 aliphatic heterocycles. The number of carbonyl (C=O) groups excluding carboxylic acids is 1. The van der Waals surface area contributed by atoms with Gasteiger partial charge in [0.1, 0.15) is 11.5 Å². The lowest BCUT2D eigenvalue weighted by molar-refractivity contribution is 0.103. The summed E-state index contributed by atoms with van der Waals surface area (Å²) in [5.41, 5.74) is 1.11. The van der Waals surface area contributed by atoms with E-state index in [4.69, 9.17) is 21.1 Å². The van der Waals surface area contributed by atoms with E-state index in [0.717, 1.165) is 15.8 Å². The molecule has 10 heteroatoms. The number of nitrogens with zero attached hydrogens (tertiary/aromatic N) is 1. The summed E-state index contributed by atoms with van der Waals surface area (Å²) in [6, 6.07) is 18.5. The zero-order chi connectivity index (χ0) is 25.2. The molecule has 1 N–H and O–H groups in total.